The van der Waals surface area contributed by atoms with Gasteiger partial charge >= 0.3 is 0 Å². The van der Waals surface area contributed by atoms with Crippen molar-refractivity contribution in [3.8, 4) is 0 Å². The van der Waals surface area contributed by atoms with Crippen molar-refractivity contribution in [3.63, 3.8) is 0 Å². The lowest BCUT2D eigenvalue weighted by molar-refractivity contribution is 1.01. The summed E-state index contributed by atoms with van der Waals surface area (Å²) in [6, 6.07) is 68.4. The maximum absolute atomic E-state index is 2.33. The molecule has 12 aromatic carbocycles. The molecule has 0 saturated carbocycles. The van der Waals surface area contributed by atoms with E-state index < -0.39 is 0 Å². The van der Waals surface area contributed by atoms with Crippen LogP contribution in [0.4, 0.5) is 0 Å². The maximum atomic E-state index is 2.33. The average molecular weight is 1050 g/mol. The monoisotopic (exact) mass is 1050 g/mol. The molecule has 1 heteroatoms. The van der Waals surface area contributed by atoms with Crippen LogP contribution in [0, 0.1) is 48.5 Å². The molecule has 0 aliphatic heterocycles. The van der Waals surface area contributed by atoms with Gasteiger partial charge in [-0.15, -0.1) is 0 Å². The second-order valence-corrected chi connectivity index (χ2v) is 18.3. The zero-order chi connectivity index (χ0) is 58.9. The number of fused-ring (bicyclic) bond motifs is 9. The van der Waals surface area contributed by atoms with E-state index in [0.717, 1.165) is 0 Å². The Labute approximate surface area is 478 Å². The number of para-hydroxylation sites is 1. The van der Waals surface area contributed by atoms with Crippen LogP contribution in [0.5, 0.6) is 0 Å². The fourth-order valence-electron chi connectivity index (χ4n) is 10.2. The van der Waals surface area contributed by atoms with Gasteiger partial charge in [0.2, 0.25) is 0 Å². The van der Waals surface area contributed by atoms with Crippen LogP contribution < -0.4 is 0 Å². The van der Waals surface area contributed by atoms with Crippen molar-refractivity contribution in [2.24, 2.45) is 7.05 Å². The molecular weight excluding hydrogens is 951 g/mol. The molecule has 0 saturated heterocycles. The molecule has 1 nitrogen and oxygen atoms in total. The molecule has 1 heterocycles. The van der Waals surface area contributed by atoms with Crippen molar-refractivity contribution in [1.82, 2.24) is 4.57 Å². The highest BCUT2D eigenvalue weighted by Gasteiger charge is 2.11. The van der Waals surface area contributed by atoms with Crippen LogP contribution >= 0.6 is 0 Å². The van der Waals surface area contributed by atoms with Gasteiger partial charge < -0.3 is 4.57 Å². The molecule has 0 radical (unpaired) electrons. The van der Waals surface area contributed by atoms with Crippen molar-refractivity contribution in [2.45, 2.75) is 145 Å². The van der Waals surface area contributed by atoms with Crippen molar-refractivity contribution in [1.29, 1.82) is 0 Å². The van der Waals surface area contributed by atoms with E-state index in [1.165, 1.54) is 136 Å². The van der Waals surface area contributed by atoms with Crippen LogP contribution in [0.1, 0.15) is 136 Å². The van der Waals surface area contributed by atoms with Gasteiger partial charge in [-0.1, -0.05) is 284 Å². The van der Waals surface area contributed by atoms with E-state index in [0.29, 0.717) is 0 Å². The highest BCUT2D eigenvalue weighted by Crippen LogP contribution is 2.37. The van der Waals surface area contributed by atoms with Crippen LogP contribution in [-0.2, 0) is 7.05 Å². The van der Waals surface area contributed by atoms with Gasteiger partial charge in [0.25, 0.3) is 0 Å². The van der Waals surface area contributed by atoms with Crippen LogP contribution in [0.25, 0.3) is 97.2 Å². The predicted octanol–water partition coefficient (Wildman–Crippen LogP) is 25.2. The highest BCUT2D eigenvalue weighted by molar-refractivity contribution is 6.23. The minimum Gasteiger partial charge on any atom is -0.344 e. The van der Waals surface area contributed by atoms with Gasteiger partial charge in [0.15, 0.2) is 0 Å². The van der Waals surface area contributed by atoms with Crippen molar-refractivity contribution in [2.75, 3.05) is 0 Å². The SMILES string of the molecule is CC.CC.CC.CC.CC.CC.CC.Cc1cc2c3ccccc3c(C)cc2c2ccccc12.Cc1cc2ccc3cc(C)cc4ccc(c1)c2c34.Cc1ccc2c3ccccc3n(C)c2c1.Cc1ccc2ccc(C)cc2c1. The standard InChI is InChI=1S/C20H16.C18H14.C14H13N.C12H12.7C2H6/c1-13-11-19-18-10-6-4-8-16(18)14(2)12-20(19)17-9-5-3-7-15(13)17;1-11-7-13-3-5-15-9-12(2)10-16-6-4-14(8-11)17(13)18(15)16;1-10-7-8-12-11-5-3-4-6-13(11)15(2)14(12)9-10;1-9-3-5-11-6-4-10(2)8-12(11)7-9;7*1-2/h3-12H,1-2H3;3-10H,1-2H3;3-9H,1-2H3;3-8H,1-2H3;7*1-2H3. The Hall–Kier alpha value is -7.48. The van der Waals surface area contributed by atoms with Gasteiger partial charge in [-0.2, -0.15) is 0 Å². The summed E-state index contributed by atoms with van der Waals surface area (Å²) in [4.78, 5) is 0. The molecule has 0 aliphatic rings. The summed E-state index contributed by atoms with van der Waals surface area (Å²) < 4.78 is 2.26. The van der Waals surface area contributed by atoms with E-state index >= 15 is 0 Å². The lowest BCUT2D eigenvalue weighted by atomic mass is 9.92. The Balaban J connectivity index is 0.000000260. The second kappa shape index (κ2) is 33.1. The summed E-state index contributed by atoms with van der Waals surface area (Å²) in [6.45, 7) is 43.1. The number of aryl methyl sites for hydroxylation is 8. The predicted molar refractivity (Wildman–Crippen MR) is 366 cm³/mol. The molecule has 0 bridgehead atoms. The number of rotatable bonds is 0. The lowest BCUT2D eigenvalue weighted by Crippen LogP contribution is -1.86. The first kappa shape index (κ1) is 65.8. The van der Waals surface area contributed by atoms with E-state index in [1.807, 2.05) is 96.9 Å². The molecule has 0 spiro atoms. The van der Waals surface area contributed by atoms with Gasteiger partial charge in [0.05, 0.1) is 0 Å². The van der Waals surface area contributed by atoms with E-state index in [9.17, 15) is 0 Å². The number of nitrogens with zero attached hydrogens (tertiary/aromatic N) is 1. The fraction of sp³-hybridized carbons (Fsp3) is 0.282. The number of hydrogen-bond acceptors (Lipinski definition) is 0. The minimum absolute atomic E-state index is 1.30. The van der Waals surface area contributed by atoms with Crippen LogP contribution in [0.2, 0.25) is 0 Å². The van der Waals surface area contributed by atoms with E-state index in [2.05, 4.69) is 248 Å². The Morgan fingerprint density at radius 3 is 0.899 bits per heavy atom. The average Bonchev–Trinajstić information content (AvgIpc) is 3.94. The fourth-order valence-corrected chi connectivity index (χ4v) is 10.2. The first-order chi connectivity index (χ1) is 38.5. The normalized spacial score (nSPS) is 9.90. The second-order valence-electron chi connectivity index (χ2n) is 18.3. The molecule has 0 atom stereocenters. The third-order valence-corrected chi connectivity index (χ3v) is 13.3. The summed E-state index contributed by atoms with van der Waals surface area (Å²) in [7, 11) is 2.13. The molecule has 13 aromatic rings. The van der Waals surface area contributed by atoms with Gasteiger partial charge in [-0.05, 0) is 164 Å². The summed E-state index contributed by atoms with van der Waals surface area (Å²) >= 11 is 0. The molecule has 1 aromatic heterocycles. The van der Waals surface area contributed by atoms with E-state index in [-0.39, 0.29) is 0 Å². The minimum atomic E-state index is 1.30. The topological polar surface area (TPSA) is 4.93 Å². The maximum Gasteiger partial charge on any atom is 0.0491 e. The molecule has 0 aliphatic carbocycles. The Bertz CT molecular complexity index is 3660. The third-order valence-electron chi connectivity index (χ3n) is 13.3. The number of aromatic nitrogens is 1. The van der Waals surface area contributed by atoms with Crippen LogP contribution in [0.3, 0.4) is 0 Å². The molecule has 0 amide bonds. The van der Waals surface area contributed by atoms with Crippen LogP contribution in [0.15, 0.2) is 188 Å². The summed E-state index contributed by atoms with van der Waals surface area (Å²) in [5.41, 5.74) is 11.9. The first-order valence-corrected chi connectivity index (χ1v) is 29.9. The van der Waals surface area contributed by atoms with E-state index in [4.69, 9.17) is 0 Å². The summed E-state index contributed by atoms with van der Waals surface area (Å²) in [5, 5.41) is 21.8. The molecular formula is C78H97N. The molecule has 0 fully saturated rings. The van der Waals surface area contributed by atoms with Crippen LogP contribution in [-0.4, -0.2) is 4.57 Å². The largest absolute Gasteiger partial charge is 0.344 e. The zero-order valence-electron chi connectivity index (χ0n) is 52.8. The lowest BCUT2D eigenvalue weighted by Gasteiger charge is -2.12. The van der Waals surface area contributed by atoms with Crippen molar-refractivity contribution in [3.05, 3.63) is 227 Å². The smallest absolute Gasteiger partial charge is 0.0491 e. The quantitative estimate of drug-likeness (QED) is 0.133. The number of benzene rings is 12. The molecule has 79 heavy (non-hydrogen) atoms. The summed E-state index contributed by atoms with van der Waals surface area (Å²) in [6.07, 6.45) is 0. The summed E-state index contributed by atoms with van der Waals surface area (Å²) in [5.74, 6) is 0. The molecule has 13 rings (SSSR count). The van der Waals surface area contributed by atoms with Gasteiger partial charge in [-0.3, -0.25) is 0 Å². The Morgan fingerprint density at radius 2 is 0.506 bits per heavy atom. The van der Waals surface area contributed by atoms with Gasteiger partial charge in [-0.25, -0.2) is 0 Å². The Morgan fingerprint density at radius 1 is 0.215 bits per heavy atom. The molecule has 0 unspecified atom stereocenters. The molecule has 0 N–H and O–H groups in total. The van der Waals surface area contributed by atoms with Crippen molar-refractivity contribution >= 4 is 97.2 Å². The third kappa shape index (κ3) is 15.4. The van der Waals surface area contributed by atoms with E-state index in [1.54, 1.807) is 0 Å². The molecule has 414 valence electrons. The van der Waals surface area contributed by atoms with Crippen molar-refractivity contribution < 1.29 is 0 Å². The highest BCUT2D eigenvalue weighted by atomic mass is 14.9. The Kier molecular flexibility index (Phi) is 27.5. The van der Waals surface area contributed by atoms with Gasteiger partial charge in [0, 0.05) is 28.9 Å². The first-order valence-electron chi connectivity index (χ1n) is 29.9. The zero-order valence-corrected chi connectivity index (χ0v) is 52.8. The van der Waals surface area contributed by atoms with Gasteiger partial charge in [0.1, 0.15) is 0 Å². The number of hydrogen-bond donors (Lipinski definition) is 0.